The number of aromatic hydroxyl groups is 1. The van der Waals surface area contributed by atoms with Crippen molar-refractivity contribution in [2.24, 2.45) is 17.8 Å². The number of allylic oxidation sites excluding steroid dienone is 3. The SMILES string of the molecule is CC(=O)CC[C@H]1C2OC2N[C@@H](C(C)C)C(=O)N[C@@H](Cc2cc(O)c(F)c(F)c2)C(=O)N2CCCC(N2)C(=O)O[C@H](/C(C)=C/C=O)C/C=C/C=C/[C@H](O)[C@H](C)[C@H]1O. The van der Waals surface area contributed by atoms with Crippen LogP contribution >= 0.6 is 0 Å². The van der Waals surface area contributed by atoms with E-state index < -0.39 is 95.8 Å². The monoisotopic (exact) mass is 788 g/mol. The molecule has 1 aromatic carbocycles. The first-order valence-electron chi connectivity index (χ1n) is 19.0. The van der Waals surface area contributed by atoms with Crippen molar-refractivity contribution in [2.45, 2.75) is 122 Å². The second-order valence-electron chi connectivity index (χ2n) is 15.2. The number of fused-ring (bicyclic) bond motifs is 3. The maximum atomic E-state index is 14.4. The molecule has 2 fully saturated rings. The van der Waals surface area contributed by atoms with E-state index in [1.807, 2.05) is 0 Å². The fraction of sp³-hybridized carbons (Fsp3) is 0.575. The normalized spacial score (nSPS) is 32.5. The van der Waals surface area contributed by atoms with Gasteiger partial charge in [0.2, 0.25) is 5.91 Å². The molecule has 308 valence electrons. The molecular weight excluding hydrogens is 734 g/mol. The Bertz CT molecular complexity index is 1660. The highest BCUT2D eigenvalue weighted by Crippen LogP contribution is 2.37. The molecule has 0 aliphatic carbocycles. The van der Waals surface area contributed by atoms with E-state index in [9.17, 15) is 48.1 Å². The number of amides is 2. The summed E-state index contributed by atoms with van der Waals surface area (Å²) >= 11 is 0. The lowest BCUT2D eigenvalue weighted by Crippen LogP contribution is -2.62. The molecule has 16 heteroatoms. The number of phenols is 1. The first-order chi connectivity index (χ1) is 26.5. The number of nitrogens with zero attached hydrogens (tertiary/aromatic N) is 1. The number of hydrazine groups is 1. The molecule has 3 aliphatic heterocycles. The number of cyclic esters (lactones) is 1. The van der Waals surface area contributed by atoms with Gasteiger partial charge in [-0.05, 0) is 68.4 Å². The summed E-state index contributed by atoms with van der Waals surface area (Å²) in [5.41, 5.74) is 3.34. The van der Waals surface area contributed by atoms with Crippen molar-refractivity contribution in [3.8, 4) is 5.75 Å². The number of hydrogen-bond donors (Lipinski definition) is 6. The summed E-state index contributed by atoms with van der Waals surface area (Å²) in [5.74, 6) is -7.66. The number of carbonyl (C=O) groups excluding carboxylic acids is 5. The molecule has 3 aliphatic rings. The largest absolute Gasteiger partial charge is 0.505 e. The van der Waals surface area contributed by atoms with Crippen molar-refractivity contribution in [3.05, 3.63) is 65.3 Å². The van der Waals surface area contributed by atoms with E-state index in [4.69, 9.17) is 9.47 Å². The van der Waals surface area contributed by atoms with Crippen molar-refractivity contribution in [1.82, 2.24) is 21.1 Å². The minimum absolute atomic E-state index is 0.00598. The summed E-state index contributed by atoms with van der Waals surface area (Å²) in [7, 11) is 0. The zero-order valence-electron chi connectivity index (χ0n) is 32.3. The van der Waals surface area contributed by atoms with Crippen molar-refractivity contribution in [2.75, 3.05) is 6.54 Å². The molecule has 4 rings (SSSR count). The molecule has 6 N–H and O–H groups in total. The number of ether oxygens (including phenoxy) is 2. The number of carbonyl (C=O) groups is 5. The number of hydrogen-bond acceptors (Lipinski definition) is 12. The molecule has 2 saturated heterocycles. The third-order valence-corrected chi connectivity index (χ3v) is 10.4. The van der Waals surface area contributed by atoms with Gasteiger partial charge in [-0.2, -0.15) is 4.39 Å². The maximum absolute atomic E-state index is 14.4. The van der Waals surface area contributed by atoms with Crippen LogP contribution in [0.15, 0.2) is 48.1 Å². The number of Topliss-reactive ketones (excluding diaryl/α,β-unsaturated/α-hetero) is 1. The fourth-order valence-electron chi connectivity index (χ4n) is 6.97. The second-order valence-corrected chi connectivity index (χ2v) is 15.2. The minimum Gasteiger partial charge on any atom is -0.505 e. The van der Waals surface area contributed by atoms with Gasteiger partial charge in [0, 0.05) is 37.6 Å². The summed E-state index contributed by atoms with van der Waals surface area (Å²) in [4.78, 5) is 65.0. The highest BCUT2D eigenvalue weighted by molar-refractivity contribution is 5.90. The van der Waals surface area contributed by atoms with Gasteiger partial charge in [0.1, 0.15) is 42.6 Å². The van der Waals surface area contributed by atoms with Crippen LogP contribution in [0.2, 0.25) is 0 Å². The van der Waals surface area contributed by atoms with E-state index in [0.717, 1.165) is 17.1 Å². The molecule has 2 bridgehead atoms. The molecule has 3 unspecified atom stereocenters. The Balaban J connectivity index is 1.71. The summed E-state index contributed by atoms with van der Waals surface area (Å²) in [5, 5.41) is 39.5. The average Bonchev–Trinajstić information content (AvgIpc) is 3.92. The molecule has 2 amide bonds. The number of ketones is 1. The number of aliphatic hydroxyl groups excluding tert-OH is 2. The van der Waals surface area contributed by atoms with Gasteiger partial charge in [0.15, 0.2) is 17.4 Å². The van der Waals surface area contributed by atoms with E-state index in [0.29, 0.717) is 18.3 Å². The summed E-state index contributed by atoms with van der Waals surface area (Å²) in [6, 6.07) is -1.60. The Morgan fingerprint density at radius 3 is 2.52 bits per heavy atom. The standard InChI is InChI=1S/C40H54F2N4O10/c1-21(2)34-37(52)43-29(19-25-18-27(41)33(42)31(50)20-25)39(53)46-16-9-10-28(45-46)40(54)55-32(22(3)15-17-47)12-8-6-7-11-30(49)24(5)35(51)26(14-13-23(4)48)36-38(44-34)56-36/h6-8,11,15,17-18,20-21,24,26,28-30,32,34-36,38,44-45,49-51H,9-10,12-14,16,19H2,1-5H3,(H,43,52)/b8-6+,11-7+,22-15+/t24-,26+,28?,29-,30-,32-,34-,35+,36?,38?/m0/s1. The van der Waals surface area contributed by atoms with Crippen LogP contribution in [0.4, 0.5) is 8.78 Å². The zero-order valence-corrected chi connectivity index (χ0v) is 32.3. The number of aldehydes is 1. The third kappa shape index (κ3) is 11.8. The smallest absolute Gasteiger partial charge is 0.325 e. The van der Waals surface area contributed by atoms with Gasteiger partial charge in [0.05, 0.1) is 18.2 Å². The quantitative estimate of drug-likeness (QED) is 0.0973. The number of halogens is 2. The molecule has 56 heavy (non-hydrogen) atoms. The molecular formula is C40H54F2N4O10. The lowest BCUT2D eigenvalue weighted by Gasteiger charge is -2.36. The van der Waals surface area contributed by atoms with Crippen LogP contribution in [0, 0.1) is 29.4 Å². The van der Waals surface area contributed by atoms with Gasteiger partial charge in [-0.1, -0.05) is 45.1 Å². The topological polar surface area (TPSA) is 207 Å². The van der Waals surface area contributed by atoms with Gasteiger partial charge in [0.25, 0.3) is 5.91 Å². The van der Waals surface area contributed by atoms with Crippen LogP contribution in [0.3, 0.4) is 0 Å². The van der Waals surface area contributed by atoms with Crippen LogP contribution in [0.5, 0.6) is 5.75 Å². The molecule has 0 radical (unpaired) electrons. The van der Waals surface area contributed by atoms with E-state index >= 15 is 0 Å². The van der Waals surface area contributed by atoms with Crippen molar-refractivity contribution in [3.63, 3.8) is 0 Å². The Morgan fingerprint density at radius 1 is 1.12 bits per heavy atom. The van der Waals surface area contributed by atoms with Crippen LogP contribution in [-0.4, -0.2) is 105 Å². The fourth-order valence-corrected chi connectivity index (χ4v) is 6.97. The number of epoxide rings is 1. The number of phenolic OH excluding ortho intramolecular Hbond substituents is 1. The van der Waals surface area contributed by atoms with Crippen molar-refractivity contribution >= 4 is 29.9 Å². The second kappa shape index (κ2) is 20.2. The maximum Gasteiger partial charge on any atom is 0.325 e. The molecule has 14 nitrogen and oxygen atoms in total. The zero-order chi connectivity index (χ0) is 41.3. The number of benzene rings is 1. The summed E-state index contributed by atoms with van der Waals surface area (Å²) in [6.45, 7) is 8.36. The highest BCUT2D eigenvalue weighted by Gasteiger charge is 2.50. The van der Waals surface area contributed by atoms with Gasteiger partial charge in [-0.15, -0.1) is 0 Å². The molecule has 1 aromatic rings. The predicted octanol–water partition coefficient (Wildman–Crippen LogP) is 2.45. The Hall–Kier alpha value is -4.35. The van der Waals surface area contributed by atoms with E-state index in [-0.39, 0.29) is 55.9 Å². The molecule has 0 saturated carbocycles. The number of aliphatic hydroxyl groups is 2. The highest BCUT2D eigenvalue weighted by atomic mass is 19.2. The first-order valence-corrected chi connectivity index (χ1v) is 19.0. The predicted molar refractivity (Wildman–Crippen MR) is 199 cm³/mol. The Morgan fingerprint density at radius 2 is 1.86 bits per heavy atom. The minimum atomic E-state index is -1.47. The number of nitrogens with one attached hydrogen (secondary N) is 3. The third-order valence-electron chi connectivity index (χ3n) is 10.4. The first kappa shape index (κ1) is 44.4. The van der Waals surface area contributed by atoms with Crippen molar-refractivity contribution in [1.29, 1.82) is 0 Å². The molecule has 0 spiro atoms. The van der Waals surface area contributed by atoms with E-state index in [1.54, 1.807) is 45.9 Å². The molecule has 0 aromatic heterocycles. The van der Waals surface area contributed by atoms with E-state index in [1.165, 1.54) is 19.1 Å². The Labute approximate surface area is 325 Å². The van der Waals surface area contributed by atoms with Crippen molar-refractivity contribution < 1.29 is 57.5 Å². The lowest BCUT2D eigenvalue weighted by molar-refractivity contribution is -0.156. The summed E-state index contributed by atoms with van der Waals surface area (Å²) < 4.78 is 40.1. The molecule has 3 heterocycles. The van der Waals surface area contributed by atoms with Crippen LogP contribution in [0.25, 0.3) is 0 Å². The number of rotatable bonds is 8. The Kier molecular flexibility index (Phi) is 16.0. The van der Waals surface area contributed by atoms with Gasteiger partial charge in [-0.3, -0.25) is 29.5 Å². The molecule has 10 atom stereocenters. The van der Waals surface area contributed by atoms with Gasteiger partial charge < -0.3 is 34.9 Å². The average molecular weight is 789 g/mol. The van der Waals surface area contributed by atoms with Gasteiger partial charge >= 0.3 is 5.97 Å². The van der Waals surface area contributed by atoms with Crippen LogP contribution in [0.1, 0.15) is 72.3 Å². The lowest BCUT2D eigenvalue weighted by atomic mass is 9.82. The van der Waals surface area contributed by atoms with Crippen LogP contribution < -0.4 is 16.1 Å². The number of esters is 1. The van der Waals surface area contributed by atoms with E-state index in [2.05, 4.69) is 16.1 Å². The van der Waals surface area contributed by atoms with Crippen LogP contribution in [-0.2, 0) is 39.9 Å². The van der Waals surface area contributed by atoms with Gasteiger partial charge in [-0.25, -0.2) is 9.82 Å². The summed E-state index contributed by atoms with van der Waals surface area (Å²) in [6.07, 6.45) is 4.59.